The average Bonchev–Trinajstić information content (AvgIpc) is 2.50. The summed E-state index contributed by atoms with van der Waals surface area (Å²) in [6, 6.07) is 9.18. The molecule has 1 aromatic rings. The molecule has 0 aromatic heterocycles. The number of benzene rings is 1. The third-order valence-corrected chi connectivity index (χ3v) is 4.09. The highest BCUT2D eigenvalue weighted by Gasteiger charge is 2.16. The lowest BCUT2D eigenvalue weighted by Crippen LogP contribution is -2.27. The van der Waals surface area contributed by atoms with Gasteiger partial charge in [-0.15, -0.1) is 0 Å². The standard InChI is InChI=1S/C20H33NO2/c1-14(2)19-11-9-18(10-12-19)13-21-17(6)8-7-16(5)20(22)23-15(3)4/h9-12,14-17,21H,7-8,13H2,1-6H3. The first-order chi connectivity index (χ1) is 10.8. The Morgan fingerprint density at radius 1 is 1.00 bits per heavy atom. The molecule has 23 heavy (non-hydrogen) atoms. The van der Waals surface area contributed by atoms with Gasteiger partial charge >= 0.3 is 5.97 Å². The highest BCUT2D eigenvalue weighted by atomic mass is 16.5. The highest BCUT2D eigenvalue weighted by Crippen LogP contribution is 2.15. The van der Waals surface area contributed by atoms with Crippen LogP contribution in [0.5, 0.6) is 0 Å². The number of nitrogens with one attached hydrogen (secondary N) is 1. The molecule has 0 aliphatic heterocycles. The van der Waals surface area contributed by atoms with E-state index in [9.17, 15) is 4.79 Å². The summed E-state index contributed by atoms with van der Waals surface area (Å²) in [5, 5.41) is 3.53. The Morgan fingerprint density at radius 3 is 2.13 bits per heavy atom. The lowest BCUT2D eigenvalue weighted by atomic mass is 10.0. The minimum atomic E-state index is -0.0866. The second-order valence-electron chi connectivity index (χ2n) is 7.14. The largest absolute Gasteiger partial charge is 0.463 e. The summed E-state index contributed by atoms with van der Waals surface area (Å²) in [5.41, 5.74) is 2.67. The molecule has 0 amide bonds. The Morgan fingerprint density at radius 2 is 1.61 bits per heavy atom. The summed E-state index contributed by atoms with van der Waals surface area (Å²) in [4.78, 5) is 11.8. The van der Waals surface area contributed by atoms with E-state index in [1.54, 1.807) is 0 Å². The van der Waals surface area contributed by atoms with Crippen molar-refractivity contribution >= 4 is 5.97 Å². The van der Waals surface area contributed by atoms with Crippen LogP contribution < -0.4 is 5.32 Å². The molecule has 0 aliphatic carbocycles. The molecule has 0 spiro atoms. The zero-order valence-electron chi connectivity index (χ0n) is 15.6. The molecule has 1 rings (SSSR count). The van der Waals surface area contributed by atoms with Crippen molar-refractivity contribution in [1.82, 2.24) is 5.32 Å². The second kappa shape index (κ2) is 9.71. The van der Waals surface area contributed by atoms with Gasteiger partial charge in [0.05, 0.1) is 12.0 Å². The normalized spacial score (nSPS) is 14.1. The molecule has 2 unspecified atom stereocenters. The Kier molecular flexibility index (Phi) is 8.32. The third-order valence-electron chi connectivity index (χ3n) is 4.09. The van der Waals surface area contributed by atoms with Crippen LogP contribution in [0.3, 0.4) is 0 Å². The number of rotatable bonds is 9. The van der Waals surface area contributed by atoms with E-state index in [1.807, 2.05) is 20.8 Å². The fraction of sp³-hybridized carbons (Fsp3) is 0.650. The summed E-state index contributed by atoms with van der Waals surface area (Å²) in [6.07, 6.45) is 1.79. The van der Waals surface area contributed by atoms with E-state index in [0.29, 0.717) is 12.0 Å². The van der Waals surface area contributed by atoms with Crippen LogP contribution in [0.1, 0.15) is 71.4 Å². The molecule has 1 N–H and O–H groups in total. The maximum Gasteiger partial charge on any atom is 0.308 e. The average molecular weight is 319 g/mol. The van der Waals surface area contributed by atoms with Crippen molar-refractivity contribution in [2.45, 2.75) is 79.0 Å². The number of hydrogen-bond donors (Lipinski definition) is 1. The quantitative estimate of drug-likeness (QED) is 0.673. The lowest BCUT2D eigenvalue weighted by Gasteiger charge is -2.17. The van der Waals surface area contributed by atoms with Crippen LogP contribution in [0.15, 0.2) is 24.3 Å². The van der Waals surface area contributed by atoms with Crippen molar-refractivity contribution in [3.05, 3.63) is 35.4 Å². The molecule has 2 atom stereocenters. The van der Waals surface area contributed by atoms with Crippen molar-refractivity contribution in [3.63, 3.8) is 0 Å². The van der Waals surface area contributed by atoms with Crippen LogP contribution >= 0.6 is 0 Å². The number of esters is 1. The molecule has 1 aromatic carbocycles. The number of carbonyl (C=O) groups is 1. The van der Waals surface area contributed by atoms with E-state index in [0.717, 1.165) is 19.4 Å². The highest BCUT2D eigenvalue weighted by molar-refractivity contribution is 5.72. The van der Waals surface area contributed by atoms with Gasteiger partial charge in [-0.2, -0.15) is 0 Å². The van der Waals surface area contributed by atoms with Gasteiger partial charge in [-0.05, 0) is 50.7 Å². The minimum Gasteiger partial charge on any atom is -0.463 e. The van der Waals surface area contributed by atoms with E-state index >= 15 is 0 Å². The molecule has 0 saturated heterocycles. The number of ether oxygens (including phenoxy) is 1. The lowest BCUT2D eigenvalue weighted by molar-refractivity contribution is -0.152. The van der Waals surface area contributed by atoms with Gasteiger partial charge in [0, 0.05) is 12.6 Å². The first kappa shape index (κ1) is 19.7. The van der Waals surface area contributed by atoms with Crippen molar-refractivity contribution in [3.8, 4) is 0 Å². The van der Waals surface area contributed by atoms with Gasteiger partial charge in [-0.1, -0.05) is 45.0 Å². The summed E-state index contributed by atoms with van der Waals surface area (Å²) in [6.45, 7) is 13.2. The molecular formula is C20H33NO2. The molecule has 0 heterocycles. The summed E-state index contributed by atoms with van der Waals surface area (Å²) in [5.74, 6) is 0.450. The van der Waals surface area contributed by atoms with E-state index < -0.39 is 0 Å². The predicted octanol–water partition coefficient (Wildman–Crippen LogP) is 4.66. The van der Waals surface area contributed by atoms with Gasteiger partial charge in [-0.25, -0.2) is 0 Å². The first-order valence-corrected chi connectivity index (χ1v) is 8.82. The Hall–Kier alpha value is -1.35. The molecule has 3 heteroatoms. The van der Waals surface area contributed by atoms with Gasteiger partial charge in [0.15, 0.2) is 0 Å². The van der Waals surface area contributed by atoms with E-state index in [4.69, 9.17) is 4.74 Å². The van der Waals surface area contributed by atoms with Gasteiger partial charge < -0.3 is 10.1 Å². The van der Waals surface area contributed by atoms with Gasteiger partial charge in [0.25, 0.3) is 0 Å². The molecule has 0 radical (unpaired) electrons. The van der Waals surface area contributed by atoms with Crippen molar-refractivity contribution < 1.29 is 9.53 Å². The van der Waals surface area contributed by atoms with Crippen molar-refractivity contribution in [2.24, 2.45) is 5.92 Å². The Labute approximate surface area is 141 Å². The van der Waals surface area contributed by atoms with Crippen LogP contribution in [0, 0.1) is 5.92 Å². The van der Waals surface area contributed by atoms with Crippen LogP contribution in [0.25, 0.3) is 0 Å². The van der Waals surface area contributed by atoms with Crippen molar-refractivity contribution in [2.75, 3.05) is 0 Å². The molecule has 3 nitrogen and oxygen atoms in total. The third kappa shape index (κ3) is 7.65. The second-order valence-corrected chi connectivity index (χ2v) is 7.14. The zero-order valence-corrected chi connectivity index (χ0v) is 15.6. The number of hydrogen-bond acceptors (Lipinski definition) is 3. The maximum atomic E-state index is 11.8. The SMILES string of the molecule is CC(CCC(C)C(=O)OC(C)C)NCc1ccc(C(C)C)cc1. The van der Waals surface area contributed by atoms with Crippen LogP contribution in [-0.4, -0.2) is 18.1 Å². The van der Waals surface area contributed by atoms with Gasteiger partial charge in [0.1, 0.15) is 0 Å². The fourth-order valence-electron chi connectivity index (χ4n) is 2.38. The molecule has 0 fully saturated rings. The van der Waals surface area contributed by atoms with E-state index in [-0.39, 0.29) is 18.0 Å². The monoisotopic (exact) mass is 319 g/mol. The molecular weight excluding hydrogens is 286 g/mol. The molecule has 0 saturated carbocycles. The minimum absolute atomic E-state index is 0.0330. The Balaban J connectivity index is 2.31. The van der Waals surface area contributed by atoms with Crippen LogP contribution in [0.4, 0.5) is 0 Å². The van der Waals surface area contributed by atoms with E-state index in [2.05, 4.69) is 50.4 Å². The topological polar surface area (TPSA) is 38.3 Å². The van der Waals surface area contributed by atoms with Crippen LogP contribution in [0.2, 0.25) is 0 Å². The maximum absolute atomic E-state index is 11.8. The Bertz CT molecular complexity index is 465. The van der Waals surface area contributed by atoms with E-state index in [1.165, 1.54) is 11.1 Å². The number of carbonyl (C=O) groups excluding carboxylic acids is 1. The molecule has 130 valence electrons. The predicted molar refractivity (Wildman–Crippen MR) is 96.5 cm³/mol. The van der Waals surface area contributed by atoms with Crippen molar-refractivity contribution in [1.29, 1.82) is 0 Å². The van der Waals surface area contributed by atoms with Gasteiger partial charge in [0.2, 0.25) is 0 Å². The molecule has 0 aliphatic rings. The van der Waals surface area contributed by atoms with Crippen LogP contribution in [-0.2, 0) is 16.1 Å². The van der Waals surface area contributed by atoms with Gasteiger partial charge in [-0.3, -0.25) is 4.79 Å². The summed E-state index contributed by atoms with van der Waals surface area (Å²) < 4.78 is 5.24. The zero-order chi connectivity index (χ0) is 17.4. The summed E-state index contributed by atoms with van der Waals surface area (Å²) in [7, 11) is 0. The summed E-state index contributed by atoms with van der Waals surface area (Å²) >= 11 is 0. The fourth-order valence-corrected chi connectivity index (χ4v) is 2.38. The molecule has 0 bridgehead atoms. The smallest absolute Gasteiger partial charge is 0.308 e. The first-order valence-electron chi connectivity index (χ1n) is 8.82.